The SMILES string of the molecule is COc1ccc(CCC(C)C(O)C(C)C)cc1. The van der Waals surface area contributed by atoms with Gasteiger partial charge in [0.15, 0.2) is 0 Å². The zero-order chi connectivity index (χ0) is 12.8. The maximum Gasteiger partial charge on any atom is 0.118 e. The number of hydrogen-bond donors (Lipinski definition) is 1. The summed E-state index contributed by atoms with van der Waals surface area (Å²) in [5.74, 6) is 1.57. The van der Waals surface area contributed by atoms with Gasteiger partial charge < -0.3 is 9.84 Å². The molecule has 2 heteroatoms. The molecule has 0 spiro atoms. The Hall–Kier alpha value is -1.02. The standard InChI is InChI=1S/C15H24O2/c1-11(2)15(16)12(3)5-6-13-7-9-14(17-4)10-8-13/h7-12,15-16H,5-6H2,1-4H3. The summed E-state index contributed by atoms with van der Waals surface area (Å²) in [5.41, 5.74) is 1.30. The largest absolute Gasteiger partial charge is 0.497 e. The van der Waals surface area contributed by atoms with Gasteiger partial charge in [0.05, 0.1) is 13.2 Å². The molecule has 17 heavy (non-hydrogen) atoms. The minimum atomic E-state index is -0.201. The third-order valence-corrected chi connectivity index (χ3v) is 3.31. The topological polar surface area (TPSA) is 29.5 Å². The predicted molar refractivity (Wildman–Crippen MR) is 71.3 cm³/mol. The second-order valence-electron chi connectivity index (χ2n) is 5.10. The lowest BCUT2D eigenvalue weighted by atomic mass is 9.90. The van der Waals surface area contributed by atoms with E-state index in [-0.39, 0.29) is 6.10 Å². The van der Waals surface area contributed by atoms with E-state index in [4.69, 9.17) is 4.74 Å². The predicted octanol–water partition coefficient (Wildman–Crippen LogP) is 3.28. The van der Waals surface area contributed by atoms with Gasteiger partial charge in [-0.1, -0.05) is 32.9 Å². The fraction of sp³-hybridized carbons (Fsp3) is 0.600. The van der Waals surface area contributed by atoms with Crippen molar-refractivity contribution < 1.29 is 9.84 Å². The summed E-state index contributed by atoms with van der Waals surface area (Å²) in [6.07, 6.45) is 1.83. The first-order chi connectivity index (χ1) is 8.04. The molecule has 1 aromatic rings. The van der Waals surface area contributed by atoms with Gasteiger partial charge >= 0.3 is 0 Å². The zero-order valence-corrected chi connectivity index (χ0v) is 11.3. The Bertz CT molecular complexity index is 316. The van der Waals surface area contributed by atoms with Gasteiger partial charge in [-0.15, -0.1) is 0 Å². The molecule has 0 aliphatic rings. The van der Waals surface area contributed by atoms with Crippen molar-refractivity contribution in [2.24, 2.45) is 11.8 Å². The number of aliphatic hydroxyl groups is 1. The lowest BCUT2D eigenvalue weighted by Crippen LogP contribution is -2.24. The highest BCUT2D eigenvalue weighted by molar-refractivity contribution is 5.27. The van der Waals surface area contributed by atoms with E-state index in [0.717, 1.165) is 18.6 Å². The minimum absolute atomic E-state index is 0.201. The Morgan fingerprint density at radius 3 is 2.18 bits per heavy atom. The first kappa shape index (κ1) is 14.0. The van der Waals surface area contributed by atoms with Crippen LogP contribution in [0, 0.1) is 11.8 Å². The molecule has 0 saturated carbocycles. The molecule has 1 rings (SSSR count). The summed E-state index contributed by atoms with van der Waals surface area (Å²) < 4.78 is 5.12. The van der Waals surface area contributed by atoms with Gasteiger partial charge in [-0.3, -0.25) is 0 Å². The van der Waals surface area contributed by atoms with Crippen LogP contribution in [0.3, 0.4) is 0 Å². The van der Waals surface area contributed by atoms with Crippen LogP contribution in [-0.2, 0) is 6.42 Å². The van der Waals surface area contributed by atoms with Crippen LogP contribution in [0.4, 0.5) is 0 Å². The third kappa shape index (κ3) is 4.39. The van der Waals surface area contributed by atoms with E-state index in [1.165, 1.54) is 5.56 Å². The average Bonchev–Trinajstić information content (AvgIpc) is 2.35. The molecule has 0 bridgehead atoms. The van der Waals surface area contributed by atoms with Crippen molar-refractivity contribution in [1.82, 2.24) is 0 Å². The Kier molecular flexibility index (Phi) is 5.49. The van der Waals surface area contributed by atoms with Gasteiger partial charge in [0, 0.05) is 0 Å². The molecule has 0 aliphatic carbocycles. The van der Waals surface area contributed by atoms with Crippen molar-refractivity contribution in [1.29, 1.82) is 0 Å². The van der Waals surface area contributed by atoms with Crippen LogP contribution in [0.5, 0.6) is 5.75 Å². The molecule has 1 N–H and O–H groups in total. The molecule has 0 amide bonds. The lowest BCUT2D eigenvalue weighted by Gasteiger charge is -2.22. The van der Waals surface area contributed by atoms with Crippen molar-refractivity contribution in [3.8, 4) is 5.75 Å². The molecule has 0 aliphatic heterocycles. The van der Waals surface area contributed by atoms with Gasteiger partial charge in [0.2, 0.25) is 0 Å². The molecular weight excluding hydrogens is 212 g/mol. The molecule has 0 saturated heterocycles. The van der Waals surface area contributed by atoms with Crippen LogP contribution in [0.2, 0.25) is 0 Å². The zero-order valence-electron chi connectivity index (χ0n) is 11.3. The highest BCUT2D eigenvalue weighted by atomic mass is 16.5. The normalized spacial score (nSPS) is 14.7. The second kappa shape index (κ2) is 6.65. The van der Waals surface area contributed by atoms with E-state index in [2.05, 4.69) is 32.9 Å². The van der Waals surface area contributed by atoms with E-state index in [9.17, 15) is 5.11 Å². The van der Waals surface area contributed by atoms with E-state index in [1.807, 2.05) is 12.1 Å². The van der Waals surface area contributed by atoms with Gasteiger partial charge in [0.1, 0.15) is 5.75 Å². The van der Waals surface area contributed by atoms with E-state index in [0.29, 0.717) is 11.8 Å². The molecule has 2 atom stereocenters. The maximum atomic E-state index is 9.94. The fourth-order valence-corrected chi connectivity index (χ4v) is 2.01. The number of rotatable bonds is 6. The van der Waals surface area contributed by atoms with Crippen LogP contribution >= 0.6 is 0 Å². The van der Waals surface area contributed by atoms with Crippen molar-refractivity contribution in [3.63, 3.8) is 0 Å². The second-order valence-corrected chi connectivity index (χ2v) is 5.10. The molecule has 2 nitrogen and oxygen atoms in total. The van der Waals surface area contributed by atoms with Gasteiger partial charge in [-0.25, -0.2) is 0 Å². The summed E-state index contributed by atoms with van der Waals surface area (Å²) in [5, 5.41) is 9.94. The number of aryl methyl sites for hydroxylation is 1. The molecule has 0 aromatic heterocycles. The third-order valence-electron chi connectivity index (χ3n) is 3.31. The highest BCUT2D eigenvalue weighted by Gasteiger charge is 2.17. The molecule has 2 unspecified atom stereocenters. The summed E-state index contributed by atoms with van der Waals surface area (Å²) in [6, 6.07) is 8.15. The van der Waals surface area contributed by atoms with Gasteiger partial charge in [-0.2, -0.15) is 0 Å². The van der Waals surface area contributed by atoms with E-state index < -0.39 is 0 Å². The van der Waals surface area contributed by atoms with E-state index >= 15 is 0 Å². The van der Waals surface area contributed by atoms with Gasteiger partial charge in [0.25, 0.3) is 0 Å². The molecule has 0 radical (unpaired) electrons. The smallest absolute Gasteiger partial charge is 0.118 e. The number of benzene rings is 1. The molecular formula is C15H24O2. The summed E-state index contributed by atoms with van der Waals surface area (Å²) in [7, 11) is 1.68. The quantitative estimate of drug-likeness (QED) is 0.821. The average molecular weight is 236 g/mol. The van der Waals surface area contributed by atoms with Crippen LogP contribution in [0.15, 0.2) is 24.3 Å². The lowest BCUT2D eigenvalue weighted by molar-refractivity contribution is 0.0686. The molecule has 0 heterocycles. The van der Waals surface area contributed by atoms with Crippen molar-refractivity contribution in [2.45, 2.75) is 39.7 Å². The Balaban J connectivity index is 2.44. The number of ether oxygens (including phenoxy) is 1. The monoisotopic (exact) mass is 236 g/mol. The van der Waals surface area contributed by atoms with Crippen LogP contribution in [0.25, 0.3) is 0 Å². The fourth-order valence-electron chi connectivity index (χ4n) is 2.01. The van der Waals surface area contributed by atoms with Crippen molar-refractivity contribution >= 4 is 0 Å². The minimum Gasteiger partial charge on any atom is -0.497 e. The number of hydrogen-bond acceptors (Lipinski definition) is 2. The Labute approximate surface area is 105 Å². The van der Waals surface area contributed by atoms with Crippen LogP contribution in [-0.4, -0.2) is 18.3 Å². The first-order valence-corrected chi connectivity index (χ1v) is 6.35. The maximum absolute atomic E-state index is 9.94. The van der Waals surface area contributed by atoms with Crippen molar-refractivity contribution in [2.75, 3.05) is 7.11 Å². The summed E-state index contributed by atoms with van der Waals surface area (Å²) >= 11 is 0. The highest BCUT2D eigenvalue weighted by Crippen LogP contribution is 2.19. The van der Waals surface area contributed by atoms with E-state index in [1.54, 1.807) is 7.11 Å². The summed E-state index contributed by atoms with van der Waals surface area (Å²) in [4.78, 5) is 0. The molecule has 96 valence electrons. The first-order valence-electron chi connectivity index (χ1n) is 6.35. The van der Waals surface area contributed by atoms with Gasteiger partial charge in [-0.05, 0) is 42.4 Å². The Morgan fingerprint density at radius 2 is 1.71 bits per heavy atom. The molecule has 0 fully saturated rings. The Morgan fingerprint density at radius 1 is 1.12 bits per heavy atom. The number of aliphatic hydroxyl groups excluding tert-OH is 1. The van der Waals surface area contributed by atoms with Crippen LogP contribution in [0.1, 0.15) is 32.8 Å². The summed E-state index contributed by atoms with van der Waals surface area (Å²) in [6.45, 7) is 6.25. The van der Waals surface area contributed by atoms with Crippen molar-refractivity contribution in [3.05, 3.63) is 29.8 Å². The number of methoxy groups -OCH3 is 1. The molecule has 1 aromatic carbocycles. The van der Waals surface area contributed by atoms with Crippen LogP contribution < -0.4 is 4.74 Å².